The molecule has 0 bridgehead atoms. The zero-order valence-corrected chi connectivity index (χ0v) is 16.9. The summed E-state index contributed by atoms with van der Waals surface area (Å²) in [4.78, 5) is 4.75. The van der Waals surface area contributed by atoms with Crippen LogP contribution in [0, 0.1) is 12.3 Å². The van der Waals surface area contributed by atoms with Gasteiger partial charge >= 0.3 is 0 Å². The summed E-state index contributed by atoms with van der Waals surface area (Å²) in [5.74, 6) is 2.92. The minimum absolute atomic E-state index is 0.00269. The van der Waals surface area contributed by atoms with Gasteiger partial charge in [0.05, 0.1) is 13.2 Å². The molecule has 1 aromatic rings. The number of nitrogens with one attached hydrogen (secondary N) is 2. The van der Waals surface area contributed by atoms with Gasteiger partial charge in [-0.1, -0.05) is 29.8 Å². The van der Waals surface area contributed by atoms with Gasteiger partial charge in [0, 0.05) is 43.2 Å². The van der Waals surface area contributed by atoms with Gasteiger partial charge in [0.1, 0.15) is 0 Å². The molecule has 1 atom stereocenters. The van der Waals surface area contributed by atoms with Crippen LogP contribution in [-0.2, 0) is 10.5 Å². The molecule has 1 aliphatic heterocycles. The minimum atomic E-state index is -0.00269. The van der Waals surface area contributed by atoms with Crippen LogP contribution in [0.2, 0.25) is 0 Å². The number of aliphatic hydroxyl groups is 1. The van der Waals surface area contributed by atoms with Crippen LogP contribution in [0.25, 0.3) is 0 Å². The highest BCUT2D eigenvalue weighted by molar-refractivity contribution is 7.98. The summed E-state index contributed by atoms with van der Waals surface area (Å²) in [5, 5.41) is 16.1. The van der Waals surface area contributed by atoms with Gasteiger partial charge in [-0.15, -0.1) is 0 Å². The van der Waals surface area contributed by atoms with E-state index in [2.05, 4.69) is 48.7 Å². The molecule has 1 heterocycles. The van der Waals surface area contributed by atoms with Gasteiger partial charge in [-0.05, 0) is 32.3 Å². The van der Waals surface area contributed by atoms with E-state index in [1.165, 1.54) is 11.1 Å². The second kappa shape index (κ2) is 11.5. The smallest absolute Gasteiger partial charge is 0.191 e. The van der Waals surface area contributed by atoms with Crippen LogP contribution in [0.4, 0.5) is 0 Å². The van der Waals surface area contributed by atoms with E-state index in [-0.39, 0.29) is 12.0 Å². The fourth-order valence-electron chi connectivity index (χ4n) is 2.99. The van der Waals surface area contributed by atoms with Gasteiger partial charge in [-0.3, -0.25) is 4.99 Å². The molecular formula is C20H33N3O2S. The number of hydrogen-bond acceptors (Lipinski definition) is 4. The molecule has 1 fully saturated rings. The maximum absolute atomic E-state index is 9.33. The molecule has 0 aromatic heterocycles. The third-order valence-electron chi connectivity index (χ3n) is 4.67. The highest BCUT2D eigenvalue weighted by Crippen LogP contribution is 2.32. The van der Waals surface area contributed by atoms with Crippen molar-refractivity contribution in [3.63, 3.8) is 0 Å². The van der Waals surface area contributed by atoms with Crippen molar-refractivity contribution in [2.45, 2.75) is 32.4 Å². The molecule has 0 saturated carbocycles. The molecule has 146 valence electrons. The van der Waals surface area contributed by atoms with E-state index in [1.54, 1.807) is 0 Å². The van der Waals surface area contributed by atoms with Gasteiger partial charge in [0.25, 0.3) is 0 Å². The molecule has 1 aliphatic rings. The summed E-state index contributed by atoms with van der Waals surface area (Å²) in [5.41, 5.74) is 2.67. The minimum Gasteiger partial charge on any atom is -0.396 e. The van der Waals surface area contributed by atoms with E-state index < -0.39 is 0 Å². The largest absolute Gasteiger partial charge is 0.396 e. The molecule has 1 unspecified atom stereocenters. The zero-order chi connectivity index (χ0) is 18.7. The SMILES string of the molecule is CCNC(=NCC1(CCO)CCOC1)NCCSCc1ccc(C)cc1. The maximum atomic E-state index is 9.33. The lowest BCUT2D eigenvalue weighted by atomic mass is 9.84. The van der Waals surface area contributed by atoms with Crippen LogP contribution in [0.5, 0.6) is 0 Å². The molecule has 26 heavy (non-hydrogen) atoms. The number of ether oxygens (including phenoxy) is 1. The Kier molecular flexibility index (Phi) is 9.29. The van der Waals surface area contributed by atoms with Gasteiger partial charge in [-0.25, -0.2) is 0 Å². The van der Waals surface area contributed by atoms with E-state index in [1.807, 2.05) is 11.8 Å². The molecule has 1 saturated heterocycles. The van der Waals surface area contributed by atoms with Crippen molar-refractivity contribution in [3.8, 4) is 0 Å². The predicted octanol–water partition coefficient (Wildman–Crippen LogP) is 2.57. The van der Waals surface area contributed by atoms with Crippen molar-refractivity contribution in [1.82, 2.24) is 10.6 Å². The summed E-state index contributed by atoms with van der Waals surface area (Å²) in [6.45, 7) is 8.27. The summed E-state index contributed by atoms with van der Waals surface area (Å²) in [6.07, 6.45) is 1.73. The number of guanidine groups is 1. The van der Waals surface area contributed by atoms with E-state index in [0.717, 1.165) is 50.0 Å². The van der Waals surface area contributed by atoms with E-state index >= 15 is 0 Å². The number of benzene rings is 1. The summed E-state index contributed by atoms with van der Waals surface area (Å²) < 4.78 is 5.54. The van der Waals surface area contributed by atoms with Crippen molar-refractivity contribution in [1.29, 1.82) is 0 Å². The Morgan fingerprint density at radius 3 is 2.77 bits per heavy atom. The van der Waals surface area contributed by atoms with E-state index in [9.17, 15) is 5.11 Å². The molecule has 2 rings (SSSR count). The lowest BCUT2D eigenvalue weighted by Gasteiger charge is -2.24. The van der Waals surface area contributed by atoms with Crippen molar-refractivity contribution in [3.05, 3.63) is 35.4 Å². The summed E-state index contributed by atoms with van der Waals surface area (Å²) >= 11 is 1.92. The average Bonchev–Trinajstić information content (AvgIpc) is 3.10. The maximum Gasteiger partial charge on any atom is 0.191 e. The Morgan fingerprint density at radius 1 is 1.31 bits per heavy atom. The fourth-order valence-corrected chi connectivity index (χ4v) is 3.81. The second-order valence-corrected chi connectivity index (χ2v) is 8.04. The van der Waals surface area contributed by atoms with Crippen LogP contribution in [0.15, 0.2) is 29.3 Å². The van der Waals surface area contributed by atoms with Crippen molar-refractivity contribution in [2.75, 3.05) is 45.2 Å². The van der Waals surface area contributed by atoms with Crippen molar-refractivity contribution >= 4 is 17.7 Å². The van der Waals surface area contributed by atoms with Gasteiger partial charge in [-0.2, -0.15) is 11.8 Å². The first kappa shape index (κ1) is 21.1. The Balaban J connectivity index is 1.73. The van der Waals surface area contributed by atoms with E-state index in [0.29, 0.717) is 13.2 Å². The van der Waals surface area contributed by atoms with E-state index in [4.69, 9.17) is 9.73 Å². The average molecular weight is 380 g/mol. The first-order chi connectivity index (χ1) is 12.7. The topological polar surface area (TPSA) is 65.9 Å². The molecule has 0 amide bonds. The fraction of sp³-hybridized carbons (Fsp3) is 0.650. The molecule has 0 spiro atoms. The normalized spacial score (nSPS) is 20.3. The monoisotopic (exact) mass is 379 g/mol. The molecule has 0 radical (unpaired) electrons. The highest BCUT2D eigenvalue weighted by Gasteiger charge is 2.34. The molecule has 6 heteroatoms. The van der Waals surface area contributed by atoms with Crippen LogP contribution < -0.4 is 10.6 Å². The molecule has 0 aliphatic carbocycles. The number of aryl methyl sites for hydroxylation is 1. The second-order valence-electron chi connectivity index (χ2n) is 6.94. The number of thioether (sulfide) groups is 1. The van der Waals surface area contributed by atoms with Crippen LogP contribution >= 0.6 is 11.8 Å². The van der Waals surface area contributed by atoms with Crippen LogP contribution in [0.1, 0.15) is 30.9 Å². The number of rotatable bonds is 10. The number of nitrogens with zero attached hydrogens (tertiary/aromatic N) is 1. The van der Waals surface area contributed by atoms with Gasteiger partial charge < -0.3 is 20.5 Å². The molecule has 5 nitrogen and oxygen atoms in total. The van der Waals surface area contributed by atoms with Gasteiger partial charge in [0.2, 0.25) is 0 Å². The summed E-state index contributed by atoms with van der Waals surface area (Å²) in [7, 11) is 0. The predicted molar refractivity (Wildman–Crippen MR) is 111 cm³/mol. The summed E-state index contributed by atoms with van der Waals surface area (Å²) in [6, 6.07) is 8.73. The Bertz CT molecular complexity index is 542. The molecule has 1 aromatic carbocycles. The number of aliphatic imine (C=N–C) groups is 1. The quantitative estimate of drug-likeness (QED) is 0.331. The lowest BCUT2D eigenvalue weighted by Crippen LogP contribution is -2.39. The molecule has 3 N–H and O–H groups in total. The van der Waals surface area contributed by atoms with Gasteiger partial charge in [0.15, 0.2) is 5.96 Å². The number of hydrogen-bond donors (Lipinski definition) is 3. The first-order valence-electron chi connectivity index (χ1n) is 9.51. The van der Waals surface area contributed by atoms with Crippen LogP contribution in [-0.4, -0.2) is 56.3 Å². The Morgan fingerprint density at radius 2 is 2.12 bits per heavy atom. The third-order valence-corrected chi connectivity index (χ3v) is 5.70. The Labute approximate surface area is 162 Å². The number of aliphatic hydroxyl groups excluding tert-OH is 1. The van der Waals surface area contributed by atoms with Crippen molar-refractivity contribution in [2.24, 2.45) is 10.4 Å². The first-order valence-corrected chi connectivity index (χ1v) is 10.7. The van der Waals surface area contributed by atoms with Crippen LogP contribution in [0.3, 0.4) is 0 Å². The lowest BCUT2D eigenvalue weighted by molar-refractivity contribution is 0.131. The standard InChI is InChI=1S/C20H33N3O2S/c1-3-21-19(23-15-20(8-11-24)9-12-25-16-20)22-10-13-26-14-18-6-4-17(2)5-7-18/h4-7,24H,3,8-16H2,1-2H3,(H2,21,22,23). The Hall–Kier alpha value is -1.24. The highest BCUT2D eigenvalue weighted by atomic mass is 32.2. The zero-order valence-electron chi connectivity index (χ0n) is 16.1. The third kappa shape index (κ3) is 7.17. The van der Waals surface area contributed by atoms with Crippen molar-refractivity contribution < 1.29 is 9.84 Å². The molecular weight excluding hydrogens is 346 g/mol.